The monoisotopic (exact) mass is 560 g/mol. The lowest BCUT2D eigenvalue weighted by atomic mass is 9.93. The van der Waals surface area contributed by atoms with Crippen LogP contribution in [0, 0.1) is 0 Å². The Labute approximate surface area is 236 Å². The first-order chi connectivity index (χ1) is 18.9. The number of aryl methyl sites for hydroxylation is 1. The summed E-state index contributed by atoms with van der Waals surface area (Å²) in [6, 6.07) is 26.0. The van der Waals surface area contributed by atoms with E-state index in [1.807, 2.05) is 36.4 Å². The average molecular weight is 561 g/mol. The Morgan fingerprint density at radius 1 is 0.897 bits per heavy atom. The van der Waals surface area contributed by atoms with Crippen molar-refractivity contribution in [1.82, 2.24) is 0 Å². The number of benzene rings is 4. The highest BCUT2D eigenvalue weighted by atomic mass is 35.5. The number of ketones is 1. The van der Waals surface area contributed by atoms with E-state index in [1.165, 1.54) is 0 Å². The fraction of sp³-hybridized carbons (Fsp3) is 0.188. The maximum atomic E-state index is 12.9. The fourth-order valence-electron chi connectivity index (χ4n) is 4.82. The predicted octanol–water partition coefficient (Wildman–Crippen LogP) is 8.61. The van der Waals surface area contributed by atoms with Gasteiger partial charge in [0.05, 0.1) is 17.5 Å². The van der Waals surface area contributed by atoms with Gasteiger partial charge in [-0.05, 0) is 66.8 Å². The molecule has 0 fully saturated rings. The van der Waals surface area contributed by atoms with E-state index in [2.05, 4.69) is 12.1 Å². The van der Waals surface area contributed by atoms with Crippen LogP contribution in [0.2, 0.25) is 10.0 Å². The summed E-state index contributed by atoms with van der Waals surface area (Å²) in [4.78, 5) is 24.4. The third kappa shape index (κ3) is 6.11. The molecule has 5 nitrogen and oxygen atoms in total. The summed E-state index contributed by atoms with van der Waals surface area (Å²) in [6.45, 7) is 0.313. The van der Waals surface area contributed by atoms with E-state index in [0.717, 1.165) is 23.1 Å². The van der Waals surface area contributed by atoms with Crippen molar-refractivity contribution >= 4 is 35.0 Å². The fourth-order valence-corrected chi connectivity index (χ4v) is 5.27. The normalized spacial score (nSPS) is 14.3. The van der Waals surface area contributed by atoms with Crippen LogP contribution in [-0.2, 0) is 11.2 Å². The molecule has 0 saturated heterocycles. The maximum Gasteiger partial charge on any atom is 0.311 e. The molecule has 1 unspecified atom stereocenters. The molecule has 7 heteroatoms. The molecule has 198 valence electrons. The number of carboxylic acids is 1. The Bertz CT molecular complexity index is 1510. The smallest absolute Gasteiger partial charge is 0.311 e. The summed E-state index contributed by atoms with van der Waals surface area (Å²) >= 11 is 12.8. The largest absolute Gasteiger partial charge is 0.493 e. The number of carbonyl (C=O) groups excluding carboxylic acids is 1. The van der Waals surface area contributed by atoms with Crippen LogP contribution in [0.3, 0.4) is 0 Å². The molecule has 1 aliphatic rings. The molecule has 1 heterocycles. The van der Waals surface area contributed by atoms with Gasteiger partial charge < -0.3 is 14.6 Å². The third-order valence-corrected chi connectivity index (χ3v) is 7.46. The van der Waals surface area contributed by atoms with Crippen LogP contribution in [0.1, 0.15) is 46.7 Å². The first-order valence-corrected chi connectivity index (χ1v) is 13.5. The highest BCUT2D eigenvalue weighted by Gasteiger charge is 2.29. The lowest BCUT2D eigenvalue weighted by molar-refractivity contribution is -0.139. The van der Waals surface area contributed by atoms with Gasteiger partial charge in [-0.3, -0.25) is 9.59 Å². The third-order valence-electron chi connectivity index (χ3n) is 6.84. The average Bonchev–Trinajstić information content (AvgIpc) is 2.94. The topological polar surface area (TPSA) is 72.8 Å². The zero-order valence-electron chi connectivity index (χ0n) is 21.0. The van der Waals surface area contributed by atoms with Crippen molar-refractivity contribution in [2.24, 2.45) is 0 Å². The number of Topliss-reactive ketones (excluding diaryl/α,β-unsaturated/α-hetero) is 1. The minimum atomic E-state index is -0.908. The second-order valence-electron chi connectivity index (χ2n) is 9.39. The number of rotatable bonds is 9. The molecular formula is C32H26Cl2O5. The molecule has 39 heavy (non-hydrogen) atoms. The van der Waals surface area contributed by atoms with Gasteiger partial charge in [-0.2, -0.15) is 0 Å². The van der Waals surface area contributed by atoms with Gasteiger partial charge in [0.25, 0.3) is 0 Å². The van der Waals surface area contributed by atoms with Crippen molar-refractivity contribution in [3.05, 3.63) is 112 Å². The molecule has 0 saturated carbocycles. The van der Waals surface area contributed by atoms with Crippen molar-refractivity contribution in [3.63, 3.8) is 0 Å². The molecule has 4 aromatic carbocycles. The van der Waals surface area contributed by atoms with Gasteiger partial charge in [0.1, 0.15) is 17.2 Å². The van der Waals surface area contributed by atoms with E-state index in [9.17, 15) is 14.7 Å². The molecular weight excluding hydrogens is 535 g/mol. The number of halogens is 2. The van der Waals surface area contributed by atoms with Crippen molar-refractivity contribution in [1.29, 1.82) is 0 Å². The quantitative estimate of drug-likeness (QED) is 0.207. The van der Waals surface area contributed by atoms with Crippen molar-refractivity contribution < 1.29 is 24.2 Å². The molecule has 0 amide bonds. The highest BCUT2D eigenvalue weighted by molar-refractivity contribution is 6.33. The molecule has 0 radical (unpaired) electrons. The van der Waals surface area contributed by atoms with Crippen LogP contribution >= 0.6 is 23.2 Å². The van der Waals surface area contributed by atoms with Crippen molar-refractivity contribution in [2.75, 3.05) is 6.61 Å². The summed E-state index contributed by atoms with van der Waals surface area (Å²) in [5.41, 5.74) is 4.38. The van der Waals surface area contributed by atoms with Crippen LogP contribution in [-0.4, -0.2) is 23.5 Å². The molecule has 0 spiro atoms. The maximum absolute atomic E-state index is 12.9. The summed E-state index contributed by atoms with van der Waals surface area (Å²) in [6.07, 6.45) is 2.27. The Morgan fingerprint density at radius 3 is 2.36 bits per heavy atom. The molecule has 4 aromatic rings. The zero-order chi connectivity index (χ0) is 27.4. The summed E-state index contributed by atoms with van der Waals surface area (Å²) in [7, 11) is 0. The molecule has 1 aliphatic heterocycles. The standard InChI is InChI=1S/C32H26Cl2O5/c33-27-10-4-3-9-24(27)23-8-2-1-6-20(23)7-5-11-29(35)21-12-14-22(15-13-21)39-31-19-30-26(18-28(31)34)25(32(36)37)16-17-38-30/h1-4,6,8-10,12-15,18-19,25H,5,7,11,16-17H2,(H,36,37). The Hall–Kier alpha value is -3.80. The molecule has 1 N–H and O–H groups in total. The van der Waals surface area contributed by atoms with Gasteiger partial charge in [-0.25, -0.2) is 0 Å². The van der Waals surface area contributed by atoms with Gasteiger partial charge in [0.15, 0.2) is 5.78 Å². The number of hydrogen-bond acceptors (Lipinski definition) is 4. The van der Waals surface area contributed by atoms with Crippen LogP contribution < -0.4 is 9.47 Å². The number of ether oxygens (including phenoxy) is 2. The number of fused-ring (bicyclic) bond motifs is 1. The van der Waals surface area contributed by atoms with Gasteiger partial charge in [-0.15, -0.1) is 0 Å². The number of carbonyl (C=O) groups is 2. The van der Waals surface area contributed by atoms with E-state index in [0.29, 0.717) is 64.3 Å². The van der Waals surface area contributed by atoms with Crippen molar-refractivity contribution in [3.8, 4) is 28.4 Å². The molecule has 0 aliphatic carbocycles. The van der Waals surface area contributed by atoms with E-state index in [-0.39, 0.29) is 5.78 Å². The number of aliphatic carboxylic acids is 1. The SMILES string of the molecule is O=C(CCCc1ccccc1-c1ccccc1Cl)c1ccc(Oc2cc3c(cc2Cl)C(C(=O)O)CCO3)cc1. The molecule has 1 atom stereocenters. The van der Waals surface area contributed by atoms with Crippen LogP contribution in [0.15, 0.2) is 84.9 Å². The van der Waals surface area contributed by atoms with Gasteiger partial charge in [0.2, 0.25) is 0 Å². The number of carboxylic acid groups (broad SMARTS) is 1. The van der Waals surface area contributed by atoms with E-state index < -0.39 is 11.9 Å². The second-order valence-corrected chi connectivity index (χ2v) is 10.2. The molecule has 5 rings (SSSR count). The molecule has 0 bridgehead atoms. The Morgan fingerprint density at radius 2 is 1.62 bits per heavy atom. The Balaban J connectivity index is 1.21. The zero-order valence-corrected chi connectivity index (χ0v) is 22.5. The molecule has 0 aromatic heterocycles. The first-order valence-electron chi connectivity index (χ1n) is 12.7. The summed E-state index contributed by atoms with van der Waals surface area (Å²) in [5.74, 6) is -0.192. The van der Waals surface area contributed by atoms with Gasteiger partial charge >= 0.3 is 5.97 Å². The van der Waals surface area contributed by atoms with Crippen LogP contribution in [0.4, 0.5) is 0 Å². The first kappa shape index (κ1) is 26.8. The van der Waals surface area contributed by atoms with Crippen molar-refractivity contribution in [2.45, 2.75) is 31.6 Å². The second kappa shape index (κ2) is 11.9. The minimum absolute atomic E-state index is 0.0525. The van der Waals surface area contributed by atoms with Crippen LogP contribution in [0.25, 0.3) is 11.1 Å². The highest BCUT2D eigenvalue weighted by Crippen LogP contribution is 2.42. The summed E-state index contributed by atoms with van der Waals surface area (Å²) in [5, 5.41) is 10.5. The lowest BCUT2D eigenvalue weighted by Crippen LogP contribution is -2.20. The van der Waals surface area contributed by atoms with E-state index >= 15 is 0 Å². The van der Waals surface area contributed by atoms with E-state index in [1.54, 1.807) is 36.4 Å². The Kier molecular flexibility index (Phi) is 8.20. The van der Waals surface area contributed by atoms with Gasteiger partial charge in [-0.1, -0.05) is 65.7 Å². The summed E-state index contributed by atoms with van der Waals surface area (Å²) < 4.78 is 11.6. The van der Waals surface area contributed by atoms with Crippen LogP contribution in [0.5, 0.6) is 17.2 Å². The number of hydrogen-bond donors (Lipinski definition) is 1. The predicted molar refractivity (Wildman–Crippen MR) is 153 cm³/mol. The van der Waals surface area contributed by atoms with Gasteiger partial charge in [0, 0.05) is 34.2 Å². The van der Waals surface area contributed by atoms with E-state index in [4.69, 9.17) is 32.7 Å². The minimum Gasteiger partial charge on any atom is -0.493 e. The lowest BCUT2D eigenvalue weighted by Gasteiger charge is -2.24.